The molecule has 2 N–H and O–H groups in total. The van der Waals surface area contributed by atoms with E-state index < -0.39 is 0 Å². The number of nitrogens with one attached hydrogen (secondary N) is 1. The summed E-state index contributed by atoms with van der Waals surface area (Å²) in [6.07, 6.45) is 3.55. The van der Waals surface area contributed by atoms with Crippen molar-refractivity contribution >= 4 is 11.6 Å². The largest absolute Gasteiger partial charge is 0.392 e. The molecule has 0 spiro atoms. The molecule has 2 aromatic heterocycles. The molecular weight excluding hydrogens is 266 g/mol. The predicted octanol–water partition coefficient (Wildman–Crippen LogP) is 1.76. The molecule has 0 aliphatic heterocycles. The van der Waals surface area contributed by atoms with Gasteiger partial charge in [-0.25, -0.2) is 4.98 Å². The molecule has 3 rings (SSSR count). The summed E-state index contributed by atoms with van der Waals surface area (Å²) in [5.41, 5.74) is 2.90. The van der Waals surface area contributed by atoms with Crippen LogP contribution in [0.3, 0.4) is 0 Å². The highest BCUT2D eigenvalue weighted by Gasteiger charge is 2.10. The lowest BCUT2D eigenvalue weighted by atomic mass is 10.1. The Labute approximate surface area is 121 Å². The van der Waals surface area contributed by atoms with Crippen molar-refractivity contribution in [1.82, 2.24) is 14.7 Å². The van der Waals surface area contributed by atoms with Crippen molar-refractivity contribution in [2.75, 3.05) is 0 Å². The Balaban J connectivity index is 1.71. The van der Waals surface area contributed by atoms with Gasteiger partial charge in [0.25, 0.3) is 5.91 Å². The monoisotopic (exact) mass is 281 g/mol. The second-order valence-corrected chi connectivity index (χ2v) is 4.75. The van der Waals surface area contributed by atoms with Gasteiger partial charge in [-0.2, -0.15) is 0 Å². The zero-order valence-corrected chi connectivity index (χ0v) is 11.4. The number of fused-ring (bicyclic) bond motifs is 1. The van der Waals surface area contributed by atoms with Crippen LogP contribution in [0.2, 0.25) is 0 Å². The maximum atomic E-state index is 12.1. The number of benzene rings is 1. The van der Waals surface area contributed by atoms with E-state index in [0.717, 1.165) is 16.8 Å². The normalized spacial score (nSPS) is 10.7. The lowest BCUT2D eigenvalue weighted by molar-refractivity contribution is 0.0946. The molecule has 0 saturated heterocycles. The van der Waals surface area contributed by atoms with E-state index >= 15 is 0 Å². The molecule has 0 aliphatic rings. The summed E-state index contributed by atoms with van der Waals surface area (Å²) in [6.45, 7) is 0.398. The first-order valence-corrected chi connectivity index (χ1v) is 6.67. The fourth-order valence-corrected chi connectivity index (χ4v) is 2.15. The molecule has 1 aromatic carbocycles. The number of aromatic nitrogens is 2. The average molecular weight is 281 g/mol. The fourth-order valence-electron chi connectivity index (χ4n) is 2.15. The van der Waals surface area contributed by atoms with Gasteiger partial charge in [-0.15, -0.1) is 0 Å². The maximum absolute atomic E-state index is 12.1. The minimum atomic E-state index is -0.215. The average Bonchev–Trinajstić information content (AvgIpc) is 2.97. The van der Waals surface area contributed by atoms with Crippen LogP contribution >= 0.6 is 0 Å². The number of imidazole rings is 1. The number of carbonyl (C=O) groups excluding carboxylic acids is 1. The summed E-state index contributed by atoms with van der Waals surface area (Å²) in [6, 6.07) is 13.1. The highest BCUT2D eigenvalue weighted by molar-refractivity contribution is 5.92. The first-order chi connectivity index (χ1) is 10.3. The molecule has 3 aromatic rings. The Hall–Kier alpha value is -2.66. The molecule has 0 bridgehead atoms. The molecule has 0 fully saturated rings. The van der Waals surface area contributed by atoms with E-state index in [0.29, 0.717) is 12.2 Å². The minimum absolute atomic E-state index is 0.00573. The quantitative estimate of drug-likeness (QED) is 0.765. The summed E-state index contributed by atoms with van der Waals surface area (Å²) in [4.78, 5) is 16.4. The Kier molecular flexibility index (Phi) is 3.66. The number of carbonyl (C=O) groups is 1. The van der Waals surface area contributed by atoms with Gasteiger partial charge in [-0.1, -0.05) is 30.3 Å². The molecule has 1 amide bonds. The van der Waals surface area contributed by atoms with Gasteiger partial charge in [-0.05, 0) is 23.3 Å². The third kappa shape index (κ3) is 2.93. The summed E-state index contributed by atoms with van der Waals surface area (Å²) < 4.78 is 1.81. The Morgan fingerprint density at radius 3 is 2.86 bits per heavy atom. The number of rotatable bonds is 4. The van der Waals surface area contributed by atoms with E-state index in [2.05, 4.69) is 10.3 Å². The number of amides is 1. The zero-order chi connectivity index (χ0) is 14.7. The topological polar surface area (TPSA) is 66.6 Å². The predicted molar refractivity (Wildman–Crippen MR) is 78.7 cm³/mol. The van der Waals surface area contributed by atoms with Crippen LogP contribution in [0.25, 0.3) is 5.65 Å². The standard InChI is InChI=1S/C16H15N3O2/c20-11-13-5-3-4-12(8-13)9-17-16(21)14-10-19-7-2-1-6-15(19)18-14/h1-8,10,20H,9,11H2,(H,17,21). The van der Waals surface area contributed by atoms with Crippen molar-refractivity contribution in [3.63, 3.8) is 0 Å². The van der Waals surface area contributed by atoms with E-state index in [1.807, 2.05) is 48.7 Å². The Morgan fingerprint density at radius 2 is 2.05 bits per heavy atom. The molecule has 2 heterocycles. The first kappa shape index (κ1) is 13.3. The lowest BCUT2D eigenvalue weighted by Gasteiger charge is -2.05. The van der Waals surface area contributed by atoms with E-state index in [1.54, 1.807) is 10.6 Å². The molecule has 0 saturated carbocycles. The molecule has 0 radical (unpaired) electrons. The minimum Gasteiger partial charge on any atom is -0.392 e. The fraction of sp³-hybridized carbons (Fsp3) is 0.125. The summed E-state index contributed by atoms with van der Waals surface area (Å²) in [5.74, 6) is -0.215. The van der Waals surface area contributed by atoms with E-state index in [1.165, 1.54) is 0 Å². The van der Waals surface area contributed by atoms with Crippen LogP contribution in [0, 0.1) is 0 Å². The molecule has 21 heavy (non-hydrogen) atoms. The second kappa shape index (κ2) is 5.76. The van der Waals surface area contributed by atoms with Crippen LogP contribution in [-0.2, 0) is 13.2 Å². The number of nitrogens with zero attached hydrogens (tertiary/aromatic N) is 2. The number of pyridine rings is 1. The Morgan fingerprint density at radius 1 is 1.19 bits per heavy atom. The van der Waals surface area contributed by atoms with Gasteiger partial charge in [0, 0.05) is 18.9 Å². The van der Waals surface area contributed by atoms with Crippen molar-refractivity contribution in [2.45, 2.75) is 13.2 Å². The number of hydrogen-bond donors (Lipinski definition) is 2. The van der Waals surface area contributed by atoms with Gasteiger partial charge in [-0.3, -0.25) is 4.79 Å². The lowest BCUT2D eigenvalue weighted by Crippen LogP contribution is -2.23. The van der Waals surface area contributed by atoms with Gasteiger partial charge in [0.05, 0.1) is 6.61 Å². The third-order valence-electron chi connectivity index (χ3n) is 3.22. The van der Waals surface area contributed by atoms with Crippen molar-refractivity contribution in [2.24, 2.45) is 0 Å². The number of aliphatic hydroxyl groups is 1. The van der Waals surface area contributed by atoms with Crippen LogP contribution in [0.15, 0.2) is 54.9 Å². The molecular formula is C16H15N3O2. The highest BCUT2D eigenvalue weighted by atomic mass is 16.3. The van der Waals surface area contributed by atoms with Crippen molar-refractivity contribution in [3.05, 3.63) is 71.7 Å². The molecule has 5 nitrogen and oxygen atoms in total. The Bertz CT molecular complexity index is 747. The van der Waals surface area contributed by atoms with E-state index in [-0.39, 0.29) is 12.5 Å². The molecule has 0 aliphatic carbocycles. The highest BCUT2D eigenvalue weighted by Crippen LogP contribution is 2.07. The van der Waals surface area contributed by atoms with Gasteiger partial charge >= 0.3 is 0 Å². The van der Waals surface area contributed by atoms with Crippen molar-refractivity contribution < 1.29 is 9.90 Å². The molecule has 5 heteroatoms. The zero-order valence-electron chi connectivity index (χ0n) is 11.4. The maximum Gasteiger partial charge on any atom is 0.271 e. The first-order valence-electron chi connectivity index (χ1n) is 6.67. The second-order valence-electron chi connectivity index (χ2n) is 4.75. The molecule has 0 unspecified atom stereocenters. The van der Waals surface area contributed by atoms with E-state index in [9.17, 15) is 4.79 Å². The van der Waals surface area contributed by atoms with Gasteiger partial charge in [0.1, 0.15) is 11.3 Å². The van der Waals surface area contributed by atoms with Crippen LogP contribution in [0.5, 0.6) is 0 Å². The van der Waals surface area contributed by atoms with Crippen molar-refractivity contribution in [1.29, 1.82) is 0 Å². The molecule has 106 valence electrons. The van der Waals surface area contributed by atoms with Gasteiger partial charge in [0.2, 0.25) is 0 Å². The third-order valence-corrected chi connectivity index (χ3v) is 3.22. The number of hydrogen-bond acceptors (Lipinski definition) is 3. The molecule has 0 atom stereocenters. The summed E-state index contributed by atoms with van der Waals surface area (Å²) >= 11 is 0. The van der Waals surface area contributed by atoms with Crippen molar-refractivity contribution in [3.8, 4) is 0 Å². The van der Waals surface area contributed by atoms with Crippen LogP contribution in [-0.4, -0.2) is 20.4 Å². The van der Waals surface area contributed by atoms with Crippen LogP contribution in [0.1, 0.15) is 21.6 Å². The smallest absolute Gasteiger partial charge is 0.271 e. The van der Waals surface area contributed by atoms with Crippen LogP contribution in [0.4, 0.5) is 0 Å². The van der Waals surface area contributed by atoms with Crippen LogP contribution < -0.4 is 5.32 Å². The SMILES string of the molecule is O=C(NCc1cccc(CO)c1)c1cn2ccccc2n1. The van der Waals surface area contributed by atoms with E-state index in [4.69, 9.17) is 5.11 Å². The summed E-state index contributed by atoms with van der Waals surface area (Å²) in [5, 5.41) is 11.9. The van der Waals surface area contributed by atoms with Gasteiger partial charge in [0.15, 0.2) is 0 Å². The summed E-state index contributed by atoms with van der Waals surface area (Å²) in [7, 11) is 0. The van der Waals surface area contributed by atoms with Gasteiger partial charge < -0.3 is 14.8 Å². The number of aliphatic hydroxyl groups excluding tert-OH is 1.